The first-order valence-corrected chi connectivity index (χ1v) is 11.4. The van der Waals surface area contributed by atoms with Crippen LogP contribution in [0.3, 0.4) is 0 Å². The number of aromatic nitrogens is 3. The Labute approximate surface area is 212 Å². The van der Waals surface area contributed by atoms with Gasteiger partial charge in [-0.1, -0.05) is 30.0 Å². The number of hydrogen-bond acceptors (Lipinski definition) is 5. The first-order valence-electron chi connectivity index (χ1n) is 11.4. The van der Waals surface area contributed by atoms with Crippen LogP contribution in [0.4, 0.5) is 10.2 Å². The Bertz CT molecular complexity index is 1670. The maximum atomic E-state index is 14.2. The van der Waals surface area contributed by atoms with Crippen molar-refractivity contribution in [3.8, 4) is 17.6 Å². The van der Waals surface area contributed by atoms with Crippen molar-refractivity contribution in [2.24, 2.45) is 0 Å². The SMILES string of the molecule is Cc1cc(C#Cc2ccnc(N)c2)cc(C(=O)NC(c2cc3ccccc3[nH]2)c2cc(F)ccc2O)n1. The number of amides is 1. The van der Waals surface area contributed by atoms with E-state index in [0.29, 0.717) is 28.3 Å². The highest BCUT2D eigenvalue weighted by molar-refractivity contribution is 5.93. The van der Waals surface area contributed by atoms with Crippen molar-refractivity contribution < 1.29 is 14.3 Å². The molecule has 5 N–H and O–H groups in total. The molecule has 0 fully saturated rings. The largest absolute Gasteiger partial charge is 0.508 e. The summed E-state index contributed by atoms with van der Waals surface area (Å²) in [6.45, 7) is 1.76. The third-order valence-electron chi connectivity index (χ3n) is 5.76. The molecule has 3 heterocycles. The molecule has 0 aliphatic carbocycles. The molecule has 7 nitrogen and oxygen atoms in total. The number of nitrogens with one attached hydrogen (secondary N) is 2. The summed E-state index contributed by atoms with van der Waals surface area (Å²) in [7, 11) is 0. The van der Waals surface area contributed by atoms with Crippen molar-refractivity contribution >= 4 is 22.6 Å². The molecule has 0 radical (unpaired) electrons. The number of phenols is 1. The Hall–Kier alpha value is -5.16. The second-order valence-electron chi connectivity index (χ2n) is 8.52. The number of aromatic amines is 1. The molecule has 3 aromatic heterocycles. The summed E-state index contributed by atoms with van der Waals surface area (Å²) >= 11 is 0. The van der Waals surface area contributed by atoms with Gasteiger partial charge >= 0.3 is 0 Å². The molecule has 8 heteroatoms. The van der Waals surface area contributed by atoms with Crippen molar-refractivity contribution in [3.63, 3.8) is 0 Å². The lowest BCUT2D eigenvalue weighted by molar-refractivity contribution is 0.0936. The van der Waals surface area contributed by atoms with Crippen LogP contribution in [0.25, 0.3) is 10.9 Å². The monoisotopic (exact) mass is 491 g/mol. The maximum Gasteiger partial charge on any atom is 0.270 e. The summed E-state index contributed by atoms with van der Waals surface area (Å²) in [4.78, 5) is 25.0. The summed E-state index contributed by atoms with van der Waals surface area (Å²) < 4.78 is 14.2. The van der Waals surface area contributed by atoms with E-state index in [1.165, 1.54) is 12.1 Å². The van der Waals surface area contributed by atoms with E-state index in [-0.39, 0.29) is 17.0 Å². The number of carbonyl (C=O) groups excluding carboxylic acids is 1. The van der Waals surface area contributed by atoms with Gasteiger partial charge in [-0.15, -0.1) is 0 Å². The molecule has 182 valence electrons. The lowest BCUT2D eigenvalue weighted by atomic mass is 10.0. The summed E-state index contributed by atoms with van der Waals surface area (Å²) in [6.07, 6.45) is 1.57. The highest BCUT2D eigenvalue weighted by Crippen LogP contribution is 2.31. The third-order valence-corrected chi connectivity index (χ3v) is 5.76. The minimum Gasteiger partial charge on any atom is -0.508 e. The predicted molar refractivity (Wildman–Crippen MR) is 139 cm³/mol. The number of nitrogen functional groups attached to an aromatic ring is 1. The average molecular weight is 492 g/mol. The number of halogens is 1. The minimum absolute atomic E-state index is 0.135. The van der Waals surface area contributed by atoms with Gasteiger partial charge in [0.15, 0.2) is 0 Å². The van der Waals surface area contributed by atoms with E-state index < -0.39 is 17.8 Å². The van der Waals surface area contributed by atoms with E-state index >= 15 is 0 Å². The minimum atomic E-state index is -0.868. The zero-order valence-corrected chi connectivity index (χ0v) is 19.8. The summed E-state index contributed by atoms with van der Waals surface area (Å²) in [5.41, 5.74) is 9.36. The summed E-state index contributed by atoms with van der Waals surface area (Å²) in [5.74, 6) is 5.20. The van der Waals surface area contributed by atoms with Crippen LogP contribution in [0.15, 0.2) is 79.0 Å². The molecule has 2 aromatic carbocycles. The Morgan fingerprint density at radius 3 is 2.68 bits per heavy atom. The molecule has 0 saturated carbocycles. The molecule has 0 aliphatic heterocycles. The van der Waals surface area contributed by atoms with Crippen LogP contribution in [0.1, 0.15) is 44.6 Å². The van der Waals surface area contributed by atoms with Gasteiger partial charge in [-0.3, -0.25) is 4.79 Å². The number of aromatic hydroxyl groups is 1. The van der Waals surface area contributed by atoms with Crippen LogP contribution in [0, 0.1) is 24.6 Å². The second-order valence-corrected chi connectivity index (χ2v) is 8.52. The number of pyridine rings is 2. The fraction of sp³-hybridized carbons (Fsp3) is 0.0690. The van der Waals surface area contributed by atoms with E-state index in [0.717, 1.165) is 17.0 Å². The average Bonchev–Trinajstić information content (AvgIpc) is 3.31. The third kappa shape index (κ3) is 5.26. The van der Waals surface area contributed by atoms with Crippen LogP contribution >= 0.6 is 0 Å². The van der Waals surface area contributed by atoms with Gasteiger partial charge in [0, 0.05) is 39.8 Å². The standard InChI is InChI=1S/C29H22FN5O2/c1-17-12-19(7-6-18-10-11-32-27(31)14-18)13-25(33-17)29(37)35-28(22-16-21(30)8-9-26(22)36)24-15-20-4-2-3-5-23(20)34-24/h2-5,8-16,28,34,36H,1H3,(H2,31,32)(H,35,37). The zero-order valence-electron chi connectivity index (χ0n) is 19.8. The number of para-hydroxylation sites is 1. The molecule has 5 aromatic rings. The van der Waals surface area contributed by atoms with E-state index in [1.54, 1.807) is 37.4 Å². The molecule has 1 amide bonds. The van der Waals surface area contributed by atoms with Gasteiger partial charge in [-0.05, 0) is 66.9 Å². The number of phenolic OH excluding ortho intramolecular Hbond substituents is 1. The number of H-pyrrole nitrogens is 1. The molecule has 0 saturated heterocycles. The van der Waals surface area contributed by atoms with Gasteiger partial charge in [-0.2, -0.15) is 0 Å². The van der Waals surface area contributed by atoms with Crippen molar-refractivity contribution in [1.29, 1.82) is 0 Å². The second kappa shape index (κ2) is 9.84. The smallest absolute Gasteiger partial charge is 0.270 e. The molecule has 0 spiro atoms. The predicted octanol–water partition coefficient (Wildman–Crippen LogP) is 4.61. The number of hydrogen-bond donors (Lipinski definition) is 4. The molecule has 0 bridgehead atoms. The number of carbonyl (C=O) groups is 1. The number of nitrogens with two attached hydrogens (primary N) is 1. The number of benzene rings is 2. The molecule has 0 aliphatic rings. The maximum absolute atomic E-state index is 14.2. The lowest BCUT2D eigenvalue weighted by Gasteiger charge is -2.19. The molecule has 1 atom stereocenters. The number of aryl methyl sites for hydroxylation is 1. The van der Waals surface area contributed by atoms with Crippen LogP contribution in [0.5, 0.6) is 5.75 Å². The van der Waals surface area contributed by atoms with Crippen molar-refractivity contribution in [2.45, 2.75) is 13.0 Å². The normalized spacial score (nSPS) is 11.5. The fourth-order valence-corrected chi connectivity index (χ4v) is 4.06. The highest BCUT2D eigenvalue weighted by Gasteiger charge is 2.24. The Balaban J connectivity index is 1.51. The highest BCUT2D eigenvalue weighted by atomic mass is 19.1. The van der Waals surface area contributed by atoms with Crippen LogP contribution in [-0.2, 0) is 0 Å². The van der Waals surface area contributed by atoms with E-state index in [9.17, 15) is 14.3 Å². The van der Waals surface area contributed by atoms with Crippen molar-refractivity contribution in [1.82, 2.24) is 20.3 Å². The van der Waals surface area contributed by atoms with Crippen LogP contribution in [0.2, 0.25) is 0 Å². The number of rotatable bonds is 4. The van der Waals surface area contributed by atoms with Gasteiger partial charge in [0.2, 0.25) is 0 Å². The molecule has 1 unspecified atom stereocenters. The van der Waals surface area contributed by atoms with Gasteiger partial charge in [0.1, 0.15) is 23.1 Å². The Morgan fingerprint density at radius 2 is 1.86 bits per heavy atom. The lowest BCUT2D eigenvalue weighted by Crippen LogP contribution is -2.30. The Kier molecular flexibility index (Phi) is 6.27. The quantitative estimate of drug-likeness (QED) is 0.274. The molecular weight excluding hydrogens is 469 g/mol. The molecular formula is C29H22FN5O2. The van der Waals surface area contributed by atoms with E-state index in [1.807, 2.05) is 30.3 Å². The van der Waals surface area contributed by atoms with E-state index in [4.69, 9.17) is 5.73 Å². The van der Waals surface area contributed by atoms with Crippen molar-refractivity contribution in [2.75, 3.05) is 5.73 Å². The van der Waals surface area contributed by atoms with Gasteiger partial charge in [0.25, 0.3) is 5.91 Å². The molecule has 37 heavy (non-hydrogen) atoms. The Morgan fingerprint density at radius 1 is 1.05 bits per heavy atom. The summed E-state index contributed by atoms with van der Waals surface area (Å²) in [6, 6.07) is 18.9. The first kappa shape index (κ1) is 23.6. The van der Waals surface area contributed by atoms with Crippen molar-refractivity contribution in [3.05, 3.63) is 119 Å². The number of anilines is 1. The van der Waals surface area contributed by atoms with Gasteiger partial charge in [0.05, 0.1) is 6.04 Å². The topological polar surface area (TPSA) is 117 Å². The fourth-order valence-electron chi connectivity index (χ4n) is 4.06. The number of fused-ring (bicyclic) bond motifs is 1. The first-order chi connectivity index (χ1) is 17.9. The number of nitrogens with zero attached hydrogens (tertiary/aromatic N) is 2. The zero-order chi connectivity index (χ0) is 25.9. The van der Waals surface area contributed by atoms with Crippen LogP contribution in [-0.4, -0.2) is 26.0 Å². The van der Waals surface area contributed by atoms with Gasteiger partial charge in [-0.25, -0.2) is 14.4 Å². The van der Waals surface area contributed by atoms with E-state index in [2.05, 4.69) is 32.1 Å². The summed E-state index contributed by atoms with van der Waals surface area (Å²) in [5, 5.41) is 14.3. The van der Waals surface area contributed by atoms with Crippen LogP contribution < -0.4 is 11.1 Å². The van der Waals surface area contributed by atoms with Gasteiger partial charge < -0.3 is 21.1 Å². The molecule has 5 rings (SSSR count).